The third-order valence-corrected chi connectivity index (χ3v) is 2.91. The molecule has 0 N–H and O–H groups in total. The number of hydrazone groups is 1. The maximum Gasteiger partial charge on any atom is 0.257 e. The summed E-state index contributed by atoms with van der Waals surface area (Å²) < 4.78 is 0. The molecule has 0 aliphatic carbocycles. The van der Waals surface area contributed by atoms with E-state index in [0.717, 1.165) is 11.3 Å². The van der Waals surface area contributed by atoms with Crippen LogP contribution in [0.3, 0.4) is 0 Å². The van der Waals surface area contributed by atoms with Crippen LogP contribution in [0.15, 0.2) is 29.4 Å². The maximum atomic E-state index is 12.1. The lowest BCUT2D eigenvalue weighted by Gasteiger charge is -2.15. The molecule has 0 saturated carbocycles. The highest BCUT2D eigenvalue weighted by molar-refractivity contribution is 6.15. The topological polar surface area (TPSA) is 56.5 Å². The van der Waals surface area contributed by atoms with Crippen molar-refractivity contribution >= 4 is 17.3 Å². The van der Waals surface area contributed by atoms with Gasteiger partial charge in [-0.05, 0) is 25.5 Å². The lowest BCUT2D eigenvalue weighted by Crippen LogP contribution is -2.27. The smallest absolute Gasteiger partial charge is 0.257 e. The monoisotopic (exact) mass is 227 g/mol. The zero-order valence-corrected chi connectivity index (χ0v) is 9.84. The van der Waals surface area contributed by atoms with E-state index in [1.54, 1.807) is 6.92 Å². The minimum atomic E-state index is -0.389. The summed E-state index contributed by atoms with van der Waals surface area (Å²) in [6, 6.07) is 9.62. The van der Waals surface area contributed by atoms with Crippen LogP contribution in [0.4, 0.5) is 5.69 Å². The van der Waals surface area contributed by atoms with Crippen molar-refractivity contribution in [2.75, 3.05) is 5.01 Å². The first-order valence-electron chi connectivity index (χ1n) is 5.47. The Balaban J connectivity index is 2.35. The van der Waals surface area contributed by atoms with Gasteiger partial charge in [-0.25, -0.2) is 0 Å². The molecule has 1 aromatic carbocycles. The number of carbonyl (C=O) groups is 1. The summed E-state index contributed by atoms with van der Waals surface area (Å²) in [4.78, 5) is 12.1. The van der Waals surface area contributed by atoms with Crippen LogP contribution in [-0.2, 0) is 4.79 Å². The first-order valence-corrected chi connectivity index (χ1v) is 5.47. The Labute approximate surface area is 100 Å². The van der Waals surface area contributed by atoms with Crippen molar-refractivity contribution in [3.63, 3.8) is 0 Å². The van der Waals surface area contributed by atoms with Crippen LogP contribution < -0.4 is 5.01 Å². The second-order valence-electron chi connectivity index (χ2n) is 4.09. The highest BCUT2D eigenvalue weighted by atomic mass is 16.2. The molecule has 1 aromatic rings. The zero-order chi connectivity index (χ0) is 12.4. The van der Waals surface area contributed by atoms with E-state index in [4.69, 9.17) is 5.26 Å². The molecule has 0 fully saturated rings. The quantitative estimate of drug-likeness (QED) is 0.778. The number of carbonyl (C=O) groups excluding carboxylic acids is 1. The Hall–Kier alpha value is -2.15. The van der Waals surface area contributed by atoms with Gasteiger partial charge in [0.15, 0.2) is 0 Å². The average molecular weight is 227 g/mol. The Bertz CT molecular complexity index is 528. The molecule has 1 unspecified atom stereocenters. The summed E-state index contributed by atoms with van der Waals surface area (Å²) in [6.45, 7) is 3.73. The van der Waals surface area contributed by atoms with Crippen LogP contribution >= 0.6 is 0 Å². The number of rotatable bonds is 2. The fourth-order valence-electron chi connectivity index (χ4n) is 1.90. The summed E-state index contributed by atoms with van der Waals surface area (Å²) in [5, 5.41) is 14.4. The van der Waals surface area contributed by atoms with Gasteiger partial charge >= 0.3 is 0 Å². The zero-order valence-electron chi connectivity index (χ0n) is 9.84. The number of nitriles is 1. The van der Waals surface area contributed by atoms with Gasteiger partial charge in [0.1, 0.15) is 0 Å². The molecule has 1 aliphatic heterocycles. The average Bonchev–Trinajstić information content (AvgIpc) is 2.58. The minimum Gasteiger partial charge on any atom is -0.272 e. The predicted octanol–water partition coefficient (Wildman–Crippen LogP) is 2.25. The lowest BCUT2D eigenvalue weighted by atomic mass is 10.0. The maximum absolute atomic E-state index is 12.1. The number of nitrogens with zero attached hydrogens (tertiary/aromatic N) is 3. The van der Waals surface area contributed by atoms with Gasteiger partial charge in [-0.15, -0.1) is 0 Å². The summed E-state index contributed by atoms with van der Waals surface area (Å²) in [5.41, 5.74) is 2.49. The highest BCUT2D eigenvalue weighted by Gasteiger charge is 2.34. The second kappa shape index (κ2) is 4.38. The van der Waals surface area contributed by atoms with E-state index in [9.17, 15) is 4.79 Å². The first-order chi connectivity index (χ1) is 8.15. The molecule has 1 heterocycles. The highest BCUT2D eigenvalue weighted by Crippen LogP contribution is 2.27. The molecule has 0 aromatic heterocycles. The van der Waals surface area contributed by atoms with Gasteiger partial charge in [-0.2, -0.15) is 15.4 Å². The van der Waals surface area contributed by atoms with E-state index < -0.39 is 0 Å². The van der Waals surface area contributed by atoms with E-state index in [-0.39, 0.29) is 18.2 Å². The normalized spacial score (nSPS) is 19.1. The van der Waals surface area contributed by atoms with Gasteiger partial charge < -0.3 is 0 Å². The lowest BCUT2D eigenvalue weighted by molar-refractivity contribution is -0.119. The molecule has 4 nitrogen and oxygen atoms in total. The van der Waals surface area contributed by atoms with Crippen molar-refractivity contribution < 1.29 is 4.79 Å². The Morgan fingerprint density at radius 3 is 2.76 bits per heavy atom. The molecular formula is C13H13N3O. The molecule has 1 aliphatic rings. The number of amides is 1. The molecule has 4 heteroatoms. The molecule has 1 atom stereocenters. The van der Waals surface area contributed by atoms with Crippen LogP contribution in [0, 0.1) is 24.2 Å². The van der Waals surface area contributed by atoms with Crippen LogP contribution in [-0.4, -0.2) is 11.6 Å². The molecular weight excluding hydrogens is 214 g/mol. The summed E-state index contributed by atoms with van der Waals surface area (Å²) in [6.07, 6.45) is 0.191. The molecule has 0 radical (unpaired) electrons. The number of aryl methyl sites for hydroxylation is 1. The van der Waals surface area contributed by atoms with Gasteiger partial charge in [-0.3, -0.25) is 4.79 Å². The number of hydrogen-bond donors (Lipinski definition) is 0. The van der Waals surface area contributed by atoms with Gasteiger partial charge in [0.25, 0.3) is 5.91 Å². The van der Waals surface area contributed by atoms with Gasteiger partial charge in [-0.1, -0.05) is 18.2 Å². The van der Waals surface area contributed by atoms with Crippen LogP contribution in [0.1, 0.15) is 18.9 Å². The van der Waals surface area contributed by atoms with Crippen molar-refractivity contribution in [1.29, 1.82) is 5.26 Å². The Morgan fingerprint density at radius 1 is 1.41 bits per heavy atom. The minimum absolute atomic E-state index is 0.113. The molecule has 86 valence electrons. The van der Waals surface area contributed by atoms with Crippen LogP contribution in [0.25, 0.3) is 0 Å². The van der Waals surface area contributed by atoms with E-state index in [2.05, 4.69) is 5.10 Å². The third kappa shape index (κ3) is 1.92. The van der Waals surface area contributed by atoms with Gasteiger partial charge in [0, 0.05) is 5.71 Å². The largest absolute Gasteiger partial charge is 0.272 e. The molecule has 0 spiro atoms. The van der Waals surface area contributed by atoms with Crippen molar-refractivity contribution in [2.24, 2.45) is 11.0 Å². The van der Waals surface area contributed by atoms with Crippen molar-refractivity contribution in [2.45, 2.75) is 20.3 Å². The molecule has 17 heavy (non-hydrogen) atoms. The Morgan fingerprint density at radius 2 is 2.12 bits per heavy atom. The van der Waals surface area contributed by atoms with E-state index in [1.165, 1.54) is 5.01 Å². The predicted molar refractivity (Wildman–Crippen MR) is 65.5 cm³/mol. The third-order valence-electron chi connectivity index (χ3n) is 2.91. The summed E-state index contributed by atoms with van der Waals surface area (Å²) >= 11 is 0. The molecule has 2 rings (SSSR count). The molecule has 1 amide bonds. The second-order valence-corrected chi connectivity index (χ2v) is 4.09. The SMILES string of the molecule is CC1=NN(c2ccccc2C)C(=O)C1CC#N. The molecule has 0 bridgehead atoms. The summed E-state index contributed by atoms with van der Waals surface area (Å²) in [7, 11) is 0. The van der Waals surface area contributed by atoms with Gasteiger partial charge in [0.2, 0.25) is 0 Å². The van der Waals surface area contributed by atoms with Crippen molar-refractivity contribution in [3.05, 3.63) is 29.8 Å². The number of anilines is 1. The fraction of sp³-hybridized carbons (Fsp3) is 0.308. The summed E-state index contributed by atoms with van der Waals surface area (Å²) in [5.74, 6) is -0.502. The number of hydrogen-bond acceptors (Lipinski definition) is 3. The van der Waals surface area contributed by atoms with Crippen molar-refractivity contribution in [3.8, 4) is 6.07 Å². The fourth-order valence-corrected chi connectivity index (χ4v) is 1.90. The van der Waals surface area contributed by atoms with Gasteiger partial charge in [0.05, 0.1) is 24.1 Å². The van der Waals surface area contributed by atoms with E-state index in [1.807, 2.05) is 37.3 Å². The molecule has 0 saturated heterocycles. The van der Waals surface area contributed by atoms with E-state index in [0.29, 0.717) is 5.71 Å². The first kappa shape index (κ1) is 11.3. The Kier molecular flexibility index (Phi) is 2.92. The van der Waals surface area contributed by atoms with Crippen molar-refractivity contribution in [1.82, 2.24) is 0 Å². The van der Waals surface area contributed by atoms with Crippen LogP contribution in [0.5, 0.6) is 0 Å². The number of benzene rings is 1. The standard InChI is InChI=1S/C13H13N3O/c1-9-5-3-4-6-12(9)16-13(17)11(7-8-14)10(2)15-16/h3-6,11H,7H2,1-2H3. The number of para-hydroxylation sites is 1. The van der Waals surface area contributed by atoms with E-state index >= 15 is 0 Å². The van der Waals surface area contributed by atoms with Crippen LogP contribution in [0.2, 0.25) is 0 Å².